The van der Waals surface area contributed by atoms with Crippen molar-refractivity contribution in [2.45, 2.75) is 18.4 Å². The minimum atomic E-state index is -2.90. The van der Waals surface area contributed by atoms with Crippen molar-refractivity contribution in [1.29, 1.82) is 0 Å². The molecule has 78 valence electrons. The van der Waals surface area contributed by atoms with E-state index < -0.39 is 24.5 Å². The molecule has 0 spiro atoms. The number of pyridine rings is 1. The molecule has 0 aliphatic rings. The summed E-state index contributed by atoms with van der Waals surface area (Å²) in [6, 6.07) is 1.01. The van der Waals surface area contributed by atoms with Crippen molar-refractivity contribution < 1.29 is 18.3 Å². The molecule has 1 N–H and O–H groups in total. The van der Waals surface area contributed by atoms with E-state index in [2.05, 4.69) is 20.9 Å². The predicted octanol–water partition coefficient (Wildman–Crippen LogP) is 2.55. The number of nitrogens with zero attached hydrogens (tertiary/aromatic N) is 1. The Kier molecular flexibility index (Phi) is 3.88. The van der Waals surface area contributed by atoms with E-state index >= 15 is 0 Å². The summed E-state index contributed by atoms with van der Waals surface area (Å²) in [5, 5.41) is 9.01. The topological polar surface area (TPSA) is 33.1 Å². The fourth-order valence-corrected chi connectivity index (χ4v) is 1.48. The zero-order valence-electron chi connectivity index (χ0n) is 6.98. The van der Waals surface area contributed by atoms with E-state index in [-0.39, 0.29) is 11.0 Å². The molecule has 0 saturated heterocycles. The van der Waals surface area contributed by atoms with Gasteiger partial charge in [-0.3, -0.25) is 0 Å². The SMILES string of the molecule is OCc1nc(F)c(C(F)F)cc1CBr. The Balaban J connectivity index is 3.23. The minimum absolute atomic E-state index is 0.0729. The van der Waals surface area contributed by atoms with Crippen LogP contribution in [0, 0.1) is 5.95 Å². The molecule has 1 heterocycles. The van der Waals surface area contributed by atoms with Crippen LogP contribution in [0.4, 0.5) is 13.2 Å². The van der Waals surface area contributed by atoms with Gasteiger partial charge in [-0.05, 0) is 11.6 Å². The van der Waals surface area contributed by atoms with Gasteiger partial charge in [0, 0.05) is 5.33 Å². The molecular weight excluding hydrogens is 263 g/mol. The molecule has 0 amide bonds. The number of hydrogen-bond acceptors (Lipinski definition) is 2. The van der Waals surface area contributed by atoms with Crippen LogP contribution in [0.3, 0.4) is 0 Å². The van der Waals surface area contributed by atoms with Gasteiger partial charge in [-0.25, -0.2) is 13.8 Å². The molecule has 6 heteroatoms. The Bertz CT molecular complexity index is 333. The Morgan fingerprint density at radius 1 is 1.50 bits per heavy atom. The third-order valence-corrected chi connectivity index (χ3v) is 2.30. The van der Waals surface area contributed by atoms with Gasteiger partial charge in [-0.2, -0.15) is 4.39 Å². The number of aliphatic hydroxyl groups is 1. The van der Waals surface area contributed by atoms with E-state index in [0.29, 0.717) is 5.56 Å². The van der Waals surface area contributed by atoms with Gasteiger partial charge in [0.05, 0.1) is 17.9 Å². The molecule has 0 radical (unpaired) electrons. The van der Waals surface area contributed by atoms with Gasteiger partial charge in [-0.1, -0.05) is 15.9 Å². The summed E-state index contributed by atoms with van der Waals surface area (Å²) in [5.74, 6) is -1.23. The number of hydrogen-bond donors (Lipinski definition) is 1. The lowest BCUT2D eigenvalue weighted by Crippen LogP contribution is -2.03. The van der Waals surface area contributed by atoms with Crippen LogP contribution < -0.4 is 0 Å². The molecule has 2 nitrogen and oxygen atoms in total. The first kappa shape index (κ1) is 11.5. The Labute approximate surface area is 86.9 Å². The molecule has 0 saturated carbocycles. The van der Waals surface area contributed by atoms with Crippen LogP contribution in [0.5, 0.6) is 0 Å². The predicted molar refractivity (Wildman–Crippen MR) is 47.7 cm³/mol. The van der Waals surface area contributed by atoms with Crippen LogP contribution in [-0.4, -0.2) is 10.1 Å². The third kappa shape index (κ3) is 2.24. The minimum Gasteiger partial charge on any atom is -0.390 e. The molecule has 0 unspecified atom stereocenters. The number of halogens is 4. The first-order valence-electron chi connectivity index (χ1n) is 3.73. The largest absolute Gasteiger partial charge is 0.390 e. The van der Waals surface area contributed by atoms with E-state index in [1.165, 1.54) is 0 Å². The summed E-state index contributed by atoms with van der Waals surface area (Å²) in [7, 11) is 0. The van der Waals surface area contributed by atoms with Crippen LogP contribution in [0.2, 0.25) is 0 Å². The summed E-state index contributed by atoms with van der Waals surface area (Å²) >= 11 is 3.04. The summed E-state index contributed by atoms with van der Waals surface area (Å²) in [5.41, 5.74) is -0.301. The summed E-state index contributed by atoms with van der Waals surface area (Å²) < 4.78 is 37.3. The van der Waals surface area contributed by atoms with E-state index in [1.54, 1.807) is 0 Å². The van der Waals surface area contributed by atoms with Crippen molar-refractivity contribution in [3.8, 4) is 0 Å². The van der Waals surface area contributed by atoms with Gasteiger partial charge in [0.15, 0.2) is 0 Å². The number of alkyl halides is 3. The Morgan fingerprint density at radius 3 is 2.57 bits per heavy atom. The maximum Gasteiger partial charge on any atom is 0.268 e. The first-order chi connectivity index (χ1) is 6.60. The second-order valence-corrected chi connectivity index (χ2v) is 3.13. The summed E-state index contributed by atoms with van der Waals surface area (Å²) in [6.45, 7) is -0.471. The average Bonchev–Trinajstić information content (AvgIpc) is 2.16. The van der Waals surface area contributed by atoms with Crippen molar-refractivity contribution in [2.75, 3.05) is 0 Å². The summed E-state index contributed by atoms with van der Waals surface area (Å²) in [4.78, 5) is 3.26. The average molecular weight is 270 g/mol. The monoisotopic (exact) mass is 269 g/mol. The zero-order valence-corrected chi connectivity index (χ0v) is 8.56. The van der Waals surface area contributed by atoms with Gasteiger partial charge in [0.2, 0.25) is 5.95 Å². The lowest BCUT2D eigenvalue weighted by Gasteiger charge is -2.07. The van der Waals surface area contributed by atoms with E-state index in [1.807, 2.05) is 0 Å². The lowest BCUT2D eigenvalue weighted by atomic mass is 10.1. The number of aliphatic hydroxyl groups excluding tert-OH is 1. The van der Waals surface area contributed by atoms with Gasteiger partial charge in [-0.15, -0.1) is 0 Å². The van der Waals surface area contributed by atoms with Crippen molar-refractivity contribution in [3.63, 3.8) is 0 Å². The fourth-order valence-electron chi connectivity index (χ4n) is 0.991. The molecule has 14 heavy (non-hydrogen) atoms. The molecule has 1 aromatic heterocycles. The highest BCUT2D eigenvalue weighted by molar-refractivity contribution is 9.08. The molecule has 0 fully saturated rings. The molecule has 0 aliphatic heterocycles. The zero-order chi connectivity index (χ0) is 10.7. The van der Waals surface area contributed by atoms with Crippen molar-refractivity contribution in [2.24, 2.45) is 0 Å². The van der Waals surface area contributed by atoms with Gasteiger partial charge >= 0.3 is 0 Å². The van der Waals surface area contributed by atoms with Crippen LogP contribution in [-0.2, 0) is 11.9 Å². The lowest BCUT2D eigenvalue weighted by molar-refractivity contribution is 0.144. The smallest absolute Gasteiger partial charge is 0.268 e. The fraction of sp³-hybridized carbons (Fsp3) is 0.375. The molecule has 1 rings (SSSR count). The van der Waals surface area contributed by atoms with E-state index in [4.69, 9.17) is 5.11 Å². The van der Waals surface area contributed by atoms with Gasteiger partial charge in [0.25, 0.3) is 6.43 Å². The van der Waals surface area contributed by atoms with Crippen LogP contribution in [0.25, 0.3) is 0 Å². The Morgan fingerprint density at radius 2 is 2.14 bits per heavy atom. The van der Waals surface area contributed by atoms with Crippen LogP contribution in [0.15, 0.2) is 6.07 Å². The molecule has 1 aromatic rings. The van der Waals surface area contributed by atoms with E-state index in [9.17, 15) is 13.2 Å². The third-order valence-electron chi connectivity index (χ3n) is 1.70. The van der Waals surface area contributed by atoms with Crippen LogP contribution in [0.1, 0.15) is 23.2 Å². The summed E-state index contributed by atoms with van der Waals surface area (Å²) in [6.07, 6.45) is -2.90. The normalized spacial score (nSPS) is 11.0. The maximum absolute atomic E-state index is 12.9. The van der Waals surface area contributed by atoms with Crippen LogP contribution >= 0.6 is 15.9 Å². The van der Waals surface area contributed by atoms with E-state index in [0.717, 1.165) is 6.07 Å². The van der Waals surface area contributed by atoms with Gasteiger partial charge < -0.3 is 5.11 Å². The molecule has 0 aromatic carbocycles. The van der Waals surface area contributed by atoms with Crippen molar-refractivity contribution in [3.05, 3.63) is 28.8 Å². The van der Waals surface area contributed by atoms with Gasteiger partial charge in [0.1, 0.15) is 0 Å². The first-order valence-corrected chi connectivity index (χ1v) is 4.85. The highest BCUT2D eigenvalue weighted by Gasteiger charge is 2.17. The molecule has 0 aliphatic carbocycles. The highest BCUT2D eigenvalue weighted by atomic mass is 79.9. The second-order valence-electron chi connectivity index (χ2n) is 2.57. The molecular formula is C8H7BrF3NO. The second kappa shape index (κ2) is 4.75. The highest BCUT2D eigenvalue weighted by Crippen LogP contribution is 2.24. The molecule has 0 bridgehead atoms. The standard InChI is InChI=1S/C8H7BrF3NO/c9-2-4-1-5(7(10)11)8(12)13-6(4)3-14/h1,7,14H,2-3H2. The Hall–Kier alpha value is -0.620. The maximum atomic E-state index is 12.9. The van der Waals surface area contributed by atoms with Crippen molar-refractivity contribution in [1.82, 2.24) is 4.98 Å². The number of aromatic nitrogens is 1. The molecule has 0 atom stereocenters. The quantitative estimate of drug-likeness (QED) is 0.676. The van der Waals surface area contributed by atoms with Crippen molar-refractivity contribution >= 4 is 15.9 Å². The number of rotatable bonds is 3.